The van der Waals surface area contributed by atoms with Gasteiger partial charge in [-0.2, -0.15) is 13.9 Å². The van der Waals surface area contributed by atoms with Crippen molar-refractivity contribution in [3.63, 3.8) is 0 Å². The van der Waals surface area contributed by atoms with Crippen LogP contribution in [0.1, 0.15) is 30.6 Å². The van der Waals surface area contributed by atoms with Gasteiger partial charge in [-0.25, -0.2) is 19.0 Å². The molecule has 2 aromatic rings. The van der Waals surface area contributed by atoms with Crippen LogP contribution < -0.4 is 15.4 Å². The molecular weight excluding hydrogens is 528 g/mol. The SMILES string of the molecule is CCNC(=NCc1c(F)cccc1OC(F)F)NC1CCc2nc(COC)nn2C1.I. The van der Waals surface area contributed by atoms with Gasteiger partial charge >= 0.3 is 6.61 Å². The van der Waals surface area contributed by atoms with Crippen LogP contribution in [0.2, 0.25) is 0 Å². The third-order valence-corrected chi connectivity index (χ3v) is 4.55. The zero-order valence-electron chi connectivity index (χ0n) is 17.3. The molecule has 1 aliphatic rings. The average molecular weight is 554 g/mol. The topological polar surface area (TPSA) is 85.6 Å². The highest BCUT2D eigenvalue weighted by molar-refractivity contribution is 14.0. The monoisotopic (exact) mass is 554 g/mol. The molecule has 31 heavy (non-hydrogen) atoms. The number of nitrogens with one attached hydrogen (secondary N) is 2. The third kappa shape index (κ3) is 6.95. The molecule has 0 saturated carbocycles. The fraction of sp³-hybridized carbons (Fsp3) is 0.526. The highest BCUT2D eigenvalue weighted by Crippen LogP contribution is 2.24. The summed E-state index contributed by atoms with van der Waals surface area (Å²) >= 11 is 0. The van der Waals surface area contributed by atoms with Gasteiger partial charge in [-0.05, 0) is 25.5 Å². The van der Waals surface area contributed by atoms with Crippen LogP contribution in [0.25, 0.3) is 0 Å². The first-order chi connectivity index (χ1) is 14.5. The van der Waals surface area contributed by atoms with E-state index in [1.807, 2.05) is 11.6 Å². The summed E-state index contributed by atoms with van der Waals surface area (Å²) in [5.41, 5.74) is -0.0265. The molecule has 0 aliphatic carbocycles. The van der Waals surface area contributed by atoms with Crippen molar-refractivity contribution in [1.29, 1.82) is 0 Å². The van der Waals surface area contributed by atoms with Gasteiger partial charge in [0.05, 0.1) is 18.7 Å². The number of ether oxygens (including phenoxy) is 2. The predicted molar refractivity (Wildman–Crippen MR) is 119 cm³/mol. The molecule has 8 nitrogen and oxygen atoms in total. The Morgan fingerprint density at radius 3 is 2.90 bits per heavy atom. The van der Waals surface area contributed by atoms with Crippen LogP contribution in [0.15, 0.2) is 23.2 Å². The second-order valence-electron chi connectivity index (χ2n) is 6.73. The van der Waals surface area contributed by atoms with Crippen LogP contribution >= 0.6 is 24.0 Å². The van der Waals surface area contributed by atoms with Crippen LogP contribution in [0, 0.1) is 5.82 Å². The fourth-order valence-electron chi connectivity index (χ4n) is 3.24. The molecule has 12 heteroatoms. The van der Waals surface area contributed by atoms with Crippen LogP contribution in [0.5, 0.6) is 5.75 Å². The van der Waals surface area contributed by atoms with Gasteiger partial charge in [0, 0.05) is 26.1 Å². The molecule has 0 amide bonds. The number of fused-ring (bicyclic) bond motifs is 1. The molecule has 2 N–H and O–H groups in total. The van der Waals surface area contributed by atoms with Gasteiger partial charge in [0.2, 0.25) is 0 Å². The summed E-state index contributed by atoms with van der Waals surface area (Å²) in [6.45, 7) is 0.248. The van der Waals surface area contributed by atoms with Gasteiger partial charge in [-0.1, -0.05) is 6.07 Å². The van der Waals surface area contributed by atoms with E-state index in [2.05, 4.69) is 30.4 Å². The Labute approximate surface area is 195 Å². The summed E-state index contributed by atoms with van der Waals surface area (Å²) in [5, 5.41) is 10.8. The molecule has 3 rings (SSSR count). The standard InChI is InChI=1S/C19H25F3N6O2.HI/c1-3-23-19(24-9-13-14(20)5-4-6-15(13)30-18(21)22)25-12-7-8-17-26-16(11-29-2)27-28(17)10-12;/h4-6,12,18H,3,7-11H2,1-2H3,(H2,23,24,25);1H. The maximum atomic E-state index is 14.2. The number of nitrogens with zero attached hydrogens (tertiary/aromatic N) is 4. The molecule has 0 spiro atoms. The van der Waals surface area contributed by atoms with Gasteiger partial charge in [-0.15, -0.1) is 24.0 Å². The van der Waals surface area contributed by atoms with E-state index in [9.17, 15) is 13.2 Å². The van der Waals surface area contributed by atoms with Crippen molar-refractivity contribution >= 4 is 29.9 Å². The van der Waals surface area contributed by atoms with E-state index in [4.69, 9.17) is 4.74 Å². The van der Waals surface area contributed by atoms with Crippen molar-refractivity contribution in [2.75, 3.05) is 13.7 Å². The van der Waals surface area contributed by atoms with Crippen molar-refractivity contribution in [3.05, 3.63) is 41.2 Å². The van der Waals surface area contributed by atoms with Gasteiger partial charge < -0.3 is 20.1 Å². The number of hydrogen-bond acceptors (Lipinski definition) is 5. The molecule has 1 aliphatic heterocycles. The summed E-state index contributed by atoms with van der Waals surface area (Å²) in [5.74, 6) is 1.12. The van der Waals surface area contributed by atoms with Crippen molar-refractivity contribution in [3.8, 4) is 5.75 Å². The number of methoxy groups -OCH3 is 1. The first kappa shape index (κ1) is 25.2. The maximum Gasteiger partial charge on any atom is 0.387 e. The van der Waals surface area contributed by atoms with E-state index in [0.717, 1.165) is 18.7 Å². The molecule has 1 unspecified atom stereocenters. The quantitative estimate of drug-likeness (QED) is 0.297. The number of guanidine groups is 1. The molecular formula is C19H26F3IN6O2. The van der Waals surface area contributed by atoms with E-state index in [-0.39, 0.29) is 47.9 Å². The zero-order valence-corrected chi connectivity index (χ0v) is 19.6. The lowest BCUT2D eigenvalue weighted by Crippen LogP contribution is -2.47. The summed E-state index contributed by atoms with van der Waals surface area (Å²) < 4.78 is 50.7. The van der Waals surface area contributed by atoms with Gasteiger partial charge in [0.1, 0.15) is 24.0 Å². The van der Waals surface area contributed by atoms with Gasteiger partial charge in [0.15, 0.2) is 11.8 Å². The summed E-state index contributed by atoms with van der Waals surface area (Å²) in [7, 11) is 1.59. The normalized spacial score (nSPS) is 15.9. The number of halogens is 4. The second kappa shape index (κ2) is 12.1. The Morgan fingerprint density at radius 2 is 2.19 bits per heavy atom. The number of rotatable bonds is 8. The molecule has 0 saturated heterocycles. The van der Waals surface area contributed by atoms with E-state index in [0.29, 0.717) is 31.5 Å². The minimum atomic E-state index is -3.04. The van der Waals surface area contributed by atoms with Gasteiger partial charge in [0.25, 0.3) is 0 Å². The zero-order chi connectivity index (χ0) is 21.5. The Bertz CT molecular complexity index is 880. The van der Waals surface area contributed by atoms with E-state index < -0.39 is 12.4 Å². The van der Waals surface area contributed by atoms with Crippen LogP contribution in [0.3, 0.4) is 0 Å². The van der Waals surface area contributed by atoms with Crippen molar-refractivity contribution in [2.45, 2.75) is 52.1 Å². The molecule has 0 bridgehead atoms. The number of benzene rings is 1. The molecule has 1 aromatic heterocycles. The highest BCUT2D eigenvalue weighted by atomic mass is 127. The first-order valence-corrected chi connectivity index (χ1v) is 9.68. The Balaban J connectivity index is 0.00000341. The van der Waals surface area contributed by atoms with E-state index in [1.54, 1.807) is 7.11 Å². The number of aromatic nitrogens is 3. The average Bonchev–Trinajstić information content (AvgIpc) is 3.09. The van der Waals surface area contributed by atoms with Crippen molar-refractivity contribution < 1.29 is 22.6 Å². The lowest BCUT2D eigenvalue weighted by atomic mass is 10.1. The summed E-state index contributed by atoms with van der Waals surface area (Å²) in [6, 6.07) is 3.84. The molecule has 1 aromatic carbocycles. The predicted octanol–water partition coefficient (Wildman–Crippen LogP) is 2.85. The fourth-order valence-corrected chi connectivity index (χ4v) is 3.24. The summed E-state index contributed by atoms with van der Waals surface area (Å²) in [4.78, 5) is 8.81. The first-order valence-electron chi connectivity index (χ1n) is 9.68. The number of hydrogen-bond donors (Lipinski definition) is 2. The Kier molecular flexibility index (Phi) is 9.81. The van der Waals surface area contributed by atoms with Crippen LogP contribution in [0.4, 0.5) is 13.2 Å². The largest absolute Gasteiger partial charge is 0.434 e. The molecule has 0 fully saturated rings. The Hall–Kier alpha value is -2.09. The number of alkyl halides is 2. The van der Waals surface area contributed by atoms with Gasteiger partial charge in [-0.3, -0.25) is 0 Å². The highest BCUT2D eigenvalue weighted by Gasteiger charge is 2.22. The molecule has 2 heterocycles. The maximum absolute atomic E-state index is 14.2. The third-order valence-electron chi connectivity index (χ3n) is 4.55. The van der Waals surface area contributed by atoms with Crippen molar-refractivity contribution in [1.82, 2.24) is 25.4 Å². The van der Waals surface area contributed by atoms with E-state index in [1.165, 1.54) is 18.2 Å². The number of aliphatic imine (C=N–C) groups is 1. The molecule has 0 radical (unpaired) electrons. The Morgan fingerprint density at radius 1 is 1.39 bits per heavy atom. The lowest BCUT2D eigenvalue weighted by molar-refractivity contribution is -0.0506. The minimum Gasteiger partial charge on any atom is -0.434 e. The molecule has 172 valence electrons. The second-order valence-corrected chi connectivity index (χ2v) is 6.73. The smallest absolute Gasteiger partial charge is 0.387 e. The van der Waals surface area contributed by atoms with Crippen LogP contribution in [-0.4, -0.2) is 47.0 Å². The molecule has 1 atom stereocenters. The number of aryl methyl sites for hydroxylation is 1. The summed E-state index contributed by atoms with van der Waals surface area (Å²) in [6.07, 6.45) is 1.56. The minimum absolute atomic E-state index is 0. The van der Waals surface area contributed by atoms with Crippen molar-refractivity contribution in [2.24, 2.45) is 4.99 Å². The van der Waals surface area contributed by atoms with E-state index >= 15 is 0 Å². The lowest BCUT2D eigenvalue weighted by Gasteiger charge is -2.25. The van der Waals surface area contributed by atoms with Crippen LogP contribution in [-0.2, 0) is 30.9 Å².